The fourth-order valence-electron chi connectivity index (χ4n) is 2.74. The van der Waals surface area contributed by atoms with Crippen molar-refractivity contribution in [1.82, 2.24) is 0 Å². The Balaban J connectivity index is 1.66. The molecule has 0 fully saturated rings. The van der Waals surface area contributed by atoms with Crippen LogP contribution in [0.1, 0.15) is 17.3 Å². The van der Waals surface area contributed by atoms with Gasteiger partial charge >= 0.3 is 11.9 Å². The molecule has 0 spiro atoms. The zero-order valence-corrected chi connectivity index (χ0v) is 23.0. The smallest absolute Gasteiger partial charge is 0.338 e. The molecule has 0 aliphatic rings. The molecule has 0 atom stereocenters. The molecule has 224 valence electrons. The van der Waals surface area contributed by atoms with Gasteiger partial charge in [0.25, 0.3) is 0 Å². The van der Waals surface area contributed by atoms with Crippen molar-refractivity contribution in [1.29, 1.82) is 0 Å². The van der Waals surface area contributed by atoms with E-state index in [0.717, 1.165) is 0 Å². The third kappa shape index (κ3) is 24.6. The molecule has 39 heavy (non-hydrogen) atoms. The van der Waals surface area contributed by atoms with Crippen molar-refractivity contribution in [2.45, 2.75) is 6.92 Å². The molecule has 0 aromatic heterocycles. The van der Waals surface area contributed by atoms with Crippen LogP contribution in [0.5, 0.6) is 0 Å². The van der Waals surface area contributed by atoms with Crippen LogP contribution in [-0.4, -0.2) is 131 Å². The minimum absolute atomic E-state index is 0.200. The molecule has 0 aliphatic carbocycles. The Bertz CT molecular complexity index is 689. The number of rotatable bonds is 28. The molecule has 12 nitrogen and oxygen atoms in total. The summed E-state index contributed by atoms with van der Waals surface area (Å²) in [6, 6.07) is 8.83. The molecule has 0 N–H and O–H groups in total. The van der Waals surface area contributed by atoms with Crippen molar-refractivity contribution in [3.63, 3.8) is 0 Å². The SMILES string of the molecule is CC(=O)OCCOCCOCCOCCOCCOCCOCCOCCOCCOC(=O)c1ccccc1. The fraction of sp³-hybridized carbons (Fsp3) is 0.704. The third-order valence-electron chi connectivity index (χ3n) is 4.61. The lowest BCUT2D eigenvalue weighted by Crippen LogP contribution is -2.15. The molecule has 0 amide bonds. The lowest BCUT2D eigenvalue weighted by molar-refractivity contribution is -0.142. The van der Waals surface area contributed by atoms with E-state index in [1.807, 2.05) is 6.07 Å². The van der Waals surface area contributed by atoms with E-state index in [1.54, 1.807) is 24.3 Å². The molecule has 0 aliphatic heterocycles. The molecule has 1 aromatic rings. The van der Waals surface area contributed by atoms with E-state index >= 15 is 0 Å². The number of carbonyl (C=O) groups is 2. The molecule has 1 rings (SSSR count). The van der Waals surface area contributed by atoms with Crippen LogP contribution in [0.4, 0.5) is 0 Å². The first-order chi connectivity index (χ1) is 19.2. The summed E-state index contributed by atoms with van der Waals surface area (Å²) in [5, 5.41) is 0. The van der Waals surface area contributed by atoms with Gasteiger partial charge in [0.2, 0.25) is 0 Å². The number of hydrogen-bond acceptors (Lipinski definition) is 12. The van der Waals surface area contributed by atoms with E-state index < -0.39 is 0 Å². The zero-order valence-electron chi connectivity index (χ0n) is 23.0. The monoisotopic (exact) mass is 560 g/mol. The molecule has 0 radical (unpaired) electrons. The van der Waals surface area contributed by atoms with Crippen molar-refractivity contribution < 1.29 is 57.0 Å². The van der Waals surface area contributed by atoms with E-state index in [2.05, 4.69) is 0 Å². The maximum Gasteiger partial charge on any atom is 0.338 e. The number of benzene rings is 1. The summed E-state index contributed by atoms with van der Waals surface area (Å²) < 4.78 is 53.0. The Morgan fingerprint density at radius 3 is 1.03 bits per heavy atom. The molecule has 1 aromatic carbocycles. The number of carbonyl (C=O) groups excluding carboxylic acids is 2. The maximum atomic E-state index is 11.7. The van der Waals surface area contributed by atoms with Crippen LogP contribution in [0.2, 0.25) is 0 Å². The maximum absolute atomic E-state index is 11.7. The van der Waals surface area contributed by atoms with Gasteiger partial charge in [-0.05, 0) is 12.1 Å². The quantitative estimate of drug-likeness (QED) is 0.109. The summed E-state index contributed by atoms with van der Waals surface area (Å²) in [5.74, 6) is -0.673. The fourth-order valence-corrected chi connectivity index (χ4v) is 2.74. The summed E-state index contributed by atoms with van der Waals surface area (Å²) in [4.78, 5) is 22.3. The Morgan fingerprint density at radius 2 is 0.718 bits per heavy atom. The highest BCUT2D eigenvalue weighted by Gasteiger charge is 2.05. The number of ether oxygens (including phenoxy) is 10. The van der Waals surface area contributed by atoms with E-state index in [-0.39, 0.29) is 25.2 Å². The molecular weight excluding hydrogens is 516 g/mol. The Labute approximate surface area is 231 Å². The number of esters is 2. The molecule has 0 saturated heterocycles. The van der Waals surface area contributed by atoms with Gasteiger partial charge in [-0.1, -0.05) is 18.2 Å². The van der Waals surface area contributed by atoms with Crippen LogP contribution in [0.15, 0.2) is 30.3 Å². The van der Waals surface area contributed by atoms with E-state index in [0.29, 0.717) is 111 Å². The minimum Gasteiger partial charge on any atom is -0.463 e. The second-order valence-corrected chi connectivity index (χ2v) is 7.74. The summed E-state index contributed by atoms with van der Waals surface area (Å²) in [5.41, 5.74) is 0.523. The van der Waals surface area contributed by atoms with Crippen LogP contribution in [0.3, 0.4) is 0 Å². The first kappa shape index (κ1) is 34.9. The molecule has 0 saturated carbocycles. The highest BCUT2D eigenvalue weighted by Crippen LogP contribution is 2.00. The minimum atomic E-state index is -0.359. The normalized spacial score (nSPS) is 11.0. The van der Waals surface area contributed by atoms with Gasteiger partial charge in [0.15, 0.2) is 0 Å². The highest BCUT2D eigenvalue weighted by molar-refractivity contribution is 5.89. The molecule has 12 heteroatoms. The molecule has 0 heterocycles. The molecular formula is C27H44O12. The number of hydrogen-bond donors (Lipinski definition) is 0. The van der Waals surface area contributed by atoms with Gasteiger partial charge in [0.1, 0.15) is 13.2 Å². The zero-order chi connectivity index (χ0) is 28.1. The van der Waals surface area contributed by atoms with Gasteiger partial charge in [-0.25, -0.2) is 4.79 Å². The van der Waals surface area contributed by atoms with Crippen LogP contribution in [0.25, 0.3) is 0 Å². The largest absolute Gasteiger partial charge is 0.463 e. The first-order valence-electron chi connectivity index (χ1n) is 13.2. The van der Waals surface area contributed by atoms with Gasteiger partial charge in [-0.15, -0.1) is 0 Å². The average molecular weight is 561 g/mol. The van der Waals surface area contributed by atoms with Crippen LogP contribution in [-0.2, 0) is 52.2 Å². The highest BCUT2D eigenvalue weighted by atomic mass is 16.6. The van der Waals surface area contributed by atoms with E-state index in [4.69, 9.17) is 47.4 Å². The predicted octanol–water partition coefficient (Wildman–Crippen LogP) is 1.54. The Morgan fingerprint density at radius 1 is 0.436 bits per heavy atom. The third-order valence-corrected chi connectivity index (χ3v) is 4.61. The van der Waals surface area contributed by atoms with Crippen molar-refractivity contribution in [2.24, 2.45) is 0 Å². The van der Waals surface area contributed by atoms with E-state index in [1.165, 1.54) is 6.92 Å². The lowest BCUT2D eigenvalue weighted by Gasteiger charge is -2.09. The van der Waals surface area contributed by atoms with Gasteiger partial charge in [0.05, 0.1) is 111 Å². The molecule has 0 bridgehead atoms. The van der Waals surface area contributed by atoms with Crippen LogP contribution in [0, 0.1) is 0 Å². The average Bonchev–Trinajstić information content (AvgIpc) is 2.94. The predicted molar refractivity (Wildman–Crippen MR) is 140 cm³/mol. The first-order valence-corrected chi connectivity index (χ1v) is 13.2. The van der Waals surface area contributed by atoms with Gasteiger partial charge in [-0.3, -0.25) is 4.79 Å². The second-order valence-electron chi connectivity index (χ2n) is 7.74. The Kier molecular flexibility index (Phi) is 24.5. The van der Waals surface area contributed by atoms with Crippen molar-refractivity contribution in [3.8, 4) is 0 Å². The van der Waals surface area contributed by atoms with Crippen molar-refractivity contribution in [3.05, 3.63) is 35.9 Å². The standard InChI is InChI=1S/C27H44O12/c1-25(28)38-23-21-36-19-17-34-15-13-32-11-9-30-7-8-31-10-12-33-14-16-35-18-20-37-22-24-39-27(29)26-5-3-2-4-6-26/h2-6H,7-24H2,1H3. The summed E-state index contributed by atoms with van der Waals surface area (Å²) in [6.45, 7) is 9.04. The topological polar surface area (TPSA) is 126 Å². The van der Waals surface area contributed by atoms with Gasteiger partial charge < -0.3 is 47.4 Å². The van der Waals surface area contributed by atoms with E-state index in [9.17, 15) is 9.59 Å². The summed E-state index contributed by atoms with van der Waals surface area (Å²) in [6.07, 6.45) is 0. The lowest BCUT2D eigenvalue weighted by atomic mass is 10.2. The van der Waals surface area contributed by atoms with Crippen LogP contribution >= 0.6 is 0 Å². The van der Waals surface area contributed by atoms with Gasteiger partial charge in [0, 0.05) is 6.92 Å². The van der Waals surface area contributed by atoms with Crippen molar-refractivity contribution >= 4 is 11.9 Å². The second kappa shape index (κ2) is 27.4. The van der Waals surface area contributed by atoms with Crippen molar-refractivity contribution in [2.75, 3.05) is 119 Å². The Hall–Kier alpha value is -2.16. The summed E-state index contributed by atoms with van der Waals surface area (Å²) in [7, 11) is 0. The van der Waals surface area contributed by atoms with Gasteiger partial charge in [-0.2, -0.15) is 0 Å². The van der Waals surface area contributed by atoms with Crippen LogP contribution < -0.4 is 0 Å². The summed E-state index contributed by atoms with van der Waals surface area (Å²) >= 11 is 0. The molecule has 0 unspecified atom stereocenters.